The summed E-state index contributed by atoms with van der Waals surface area (Å²) >= 11 is 0. The Kier molecular flexibility index (Phi) is 8.44. The second kappa shape index (κ2) is 11.5. The monoisotopic (exact) mass is 466 g/mol. The van der Waals surface area contributed by atoms with Crippen LogP contribution in [0.2, 0.25) is 0 Å². The highest BCUT2D eigenvalue weighted by Gasteiger charge is 2.23. The van der Waals surface area contributed by atoms with Crippen LogP contribution in [0.15, 0.2) is 47.3 Å². The van der Waals surface area contributed by atoms with Gasteiger partial charge in [0.2, 0.25) is 11.8 Å². The molecule has 2 N–H and O–H groups in total. The molecule has 3 aromatic rings. The predicted octanol–water partition coefficient (Wildman–Crippen LogP) is 1.95. The van der Waals surface area contributed by atoms with Crippen LogP contribution in [0.3, 0.4) is 0 Å². The van der Waals surface area contributed by atoms with Crippen molar-refractivity contribution in [1.82, 2.24) is 19.9 Å². The number of carbonyl (C=O) groups excluding carboxylic acids is 2. The number of fused-ring (bicyclic) bond motifs is 1. The third kappa shape index (κ3) is 5.46. The molecule has 0 fully saturated rings. The van der Waals surface area contributed by atoms with Crippen molar-refractivity contribution in [3.63, 3.8) is 0 Å². The average molecular weight is 467 g/mol. The summed E-state index contributed by atoms with van der Waals surface area (Å²) in [5.74, 6) is -0.133. The first-order chi connectivity index (χ1) is 16.4. The van der Waals surface area contributed by atoms with E-state index in [0.717, 1.165) is 5.56 Å². The minimum absolute atomic E-state index is 0.0850. The predicted molar refractivity (Wildman–Crippen MR) is 131 cm³/mol. The van der Waals surface area contributed by atoms with Crippen LogP contribution in [0.1, 0.15) is 31.4 Å². The normalized spacial score (nSPS) is 11.9. The molecule has 10 heteroatoms. The third-order valence-electron chi connectivity index (χ3n) is 5.42. The Bertz CT molecular complexity index is 1210. The summed E-state index contributed by atoms with van der Waals surface area (Å²) in [6, 6.07) is 12.2. The van der Waals surface area contributed by atoms with E-state index >= 15 is 0 Å². The molecule has 0 saturated heterocycles. The second-order valence-electron chi connectivity index (χ2n) is 7.74. The van der Waals surface area contributed by atoms with E-state index in [0.29, 0.717) is 24.3 Å². The van der Waals surface area contributed by atoms with Crippen molar-refractivity contribution >= 4 is 34.6 Å². The summed E-state index contributed by atoms with van der Waals surface area (Å²) in [6.45, 7) is 2.42. The van der Waals surface area contributed by atoms with Crippen LogP contribution < -0.4 is 21.1 Å². The Balaban J connectivity index is 2.24. The molecule has 0 aliphatic carbocycles. The molecular formula is C24H30N6O4. The number of carbonyl (C=O) groups is 2. The van der Waals surface area contributed by atoms with Crippen molar-refractivity contribution in [2.45, 2.75) is 25.8 Å². The second-order valence-corrected chi connectivity index (χ2v) is 7.74. The first kappa shape index (κ1) is 25.0. The van der Waals surface area contributed by atoms with Gasteiger partial charge in [0.05, 0.1) is 12.6 Å². The Morgan fingerprint density at radius 1 is 1.15 bits per heavy atom. The fourth-order valence-electron chi connectivity index (χ4n) is 3.58. The number of benzene rings is 1. The van der Waals surface area contributed by atoms with Crippen LogP contribution in [-0.2, 0) is 14.3 Å². The number of ether oxygens (including phenoxy) is 1. The molecule has 180 valence electrons. The molecule has 0 radical (unpaired) electrons. The van der Waals surface area contributed by atoms with E-state index in [4.69, 9.17) is 4.74 Å². The molecule has 34 heavy (non-hydrogen) atoms. The molecule has 10 nitrogen and oxygen atoms in total. The number of rotatable bonds is 10. The summed E-state index contributed by atoms with van der Waals surface area (Å²) in [5, 5.41) is 5.54. The van der Waals surface area contributed by atoms with Gasteiger partial charge in [-0.25, -0.2) is 9.97 Å². The molecule has 0 aliphatic rings. The molecule has 3 rings (SSSR count). The number of aromatic nitrogens is 3. The molecule has 0 spiro atoms. The van der Waals surface area contributed by atoms with Crippen molar-refractivity contribution in [3.8, 4) is 0 Å². The largest absolute Gasteiger partial charge is 0.382 e. The van der Waals surface area contributed by atoms with E-state index in [-0.39, 0.29) is 36.3 Å². The maximum atomic E-state index is 13.6. The van der Waals surface area contributed by atoms with Gasteiger partial charge in [-0.05, 0) is 24.7 Å². The average Bonchev–Trinajstić information content (AvgIpc) is 2.86. The van der Waals surface area contributed by atoms with E-state index in [1.54, 1.807) is 40.3 Å². The number of nitrogens with zero attached hydrogens (tertiary/aromatic N) is 4. The van der Waals surface area contributed by atoms with E-state index in [1.165, 1.54) is 9.47 Å². The van der Waals surface area contributed by atoms with E-state index in [2.05, 4.69) is 20.6 Å². The topological polar surface area (TPSA) is 118 Å². The van der Waals surface area contributed by atoms with E-state index in [1.807, 2.05) is 30.3 Å². The first-order valence-electron chi connectivity index (χ1n) is 11.1. The van der Waals surface area contributed by atoms with Gasteiger partial charge in [0.25, 0.3) is 5.56 Å². The Morgan fingerprint density at radius 2 is 1.88 bits per heavy atom. The minimum Gasteiger partial charge on any atom is -0.382 e. The molecule has 2 aromatic heterocycles. The highest BCUT2D eigenvalue weighted by atomic mass is 16.5. The Hall–Kier alpha value is -3.63. The zero-order chi connectivity index (χ0) is 24.7. The van der Waals surface area contributed by atoms with Gasteiger partial charge in [0, 0.05) is 33.5 Å². The van der Waals surface area contributed by atoms with Gasteiger partial charge < -0.3 is 15.4 Å². The molecule has 0 saturated carbocycles. The van der Waals surface area contributed by atoms with Crippen LogP contribution in [0.25, 0.3) is 11.2 Å². The first-order valence-corrected chi connectivity index (χ1v) is 11.1. The molecule has 0 bridgehead atoms. The molecule has 2 amide bonds. The minimum atomic E-state index is -0.535. The fraction of sp³-hybridized carbons (Fsp3) is 0.375. The van der Waals surface area contributed by atoms with Gasteiger partial charge in [-0.2, -0.15) is 0 Å². The Morgan fingerprint density at radius 3 is 2.53 bits per heavy atom. The van der Waals surface area contributed by atoms with Gasteiger partial charge in [-0.3, -0.25) is 23.9 Å². The third-order valence-corrected chi connectivity index (χ3v) is 5.42. The number of pyridine rings is 1. The lowest BCUT2D eigenvalue weighted by atomic mass is 10.1. The van der Waals surface area contributed by atoms with Crippen LogP contribution in [0.4, 0.5) is 11.6 Å². The number of methoxy groups -OCH3 is 1. The highest BCUT2D eigenvalue weighted by molar-refractivity contribution is 5.93. The van der Waals surface area contributed by atoms with E-state index < -0.39 is 11.6 Å². The molecule has 2 heterocycles. The molecule has 1 atom stereocenters. The van der Waals surface area contributed by atoms with Crippen LogP contribution >= 0.6 is 0 Å². The van der Waals surface area contributed by atoms with E-state index in [9.17, 15) is 14.4 Å². The van der Waals surface area contributed by atoms with Gasteiger partial charge in [-0.1, -0.05) is 37.3 Å². The molecule has 0 unspecified atom stereocenters. The number of amides is 2. The number of hydrogen-bond acceptors (Lipinski definition) is 7. The highest BCUT2D eigenvalue weighted by Crippen LogP contribution is 2.24. The summed E-state index contributed by atoms with van der Waals surface area (Å²) in [5.41, 5.74) is 1.01. The fourth-order valence-corrected chi connectivity index (χ4v) is 3.58. The van der Waals surface area contributed by atoms with Crippen molar-refractivity contribution in [3.05, 3.63) is 58.4 Å². The lowest BCUT2D eigenvalue weighted by Crippen LogP contribution is -2.34. The number of nitrogens with one attached hydrogen (secondary N) is 2. The van der Waals surface area contributed by atoms with Gasteiger partial charge in [0.1, 0.15) is 11.3 Å². The van der Waals surface area contributed by atoms with Gasteiger partial charge >= 0.3 is 0 Å². The standard InChI is InChI=1S/C24H30N6O4/c1-5-21(32)29(3)19-12-11-17-23(27-19)30(18(15-34-4)16-9-7-6-8-10-16)24(33)22(26-17)28-20(31)13-14-25-2/h6-12,18,25H,5,13-15H2,1-4H3,(H,26,28,31)/t18-/m0/s1. The maximum absolute atomic E-state index is 13.6. The van der Waals surface area contributed by atoms with Crippen molar-refractivity contribution in [2.75, 3.05) is 44.6 Å². The molecular weight excluding hydrogens is 436 g/mol. The van der Waals surface area contributed by atoms with Crippen LogP contribution in [0.5, 0.6) is 0 Å². The van der Waals surface area contributed by atoms with Crippen molar-refractivity contribution in [2.24, 2.45) is 0 Å². The lowest BCUT2D eigenvalue weighted by Gasteiger charge is -2.23. The summed E-state index contributed by atoms with van der Waals surface area (Å²) < 4.78 is 6.93. The smallest absolute Gasteiger partial charge is 0.296 e. The molecule has 1 aromatic carbocycles. The van der Waals surface area contributed by atoms with Crippen molar-refractivity contribution < 1.29 is 14.3 Å². The van der Waals surface area contributed by atoms with Crippen LogP contribution in [0, 0.1) is 0 Å². The maximum Gasteiger partial charge on any atom is 0.296 e. The quantitative estimate of drug-likeness (QED) is 0.469. The van der Waals surface area contributed by atoms with Gasteiger partial charge in [-0.15, -0.1) is 0 Å². The van der Waals surface area contributed by atoms with Crippen LogP contribution in [-0.4, -0.2) is 60.7 Å². The zero-order valence-electron chi connectivity index (χ0n) is 19.9. The zero-order valence-corrected chi connectivity index (χ0v) is 19.9. The lowest BCUT2D eigenvalue weighted by molar-refractivity contribution is -0.118. The summed E-state index contributed by atoms with van der Waals surface area (Å²) in [7, 11) is 4.93. The summed E-state index contributed by atoms with van der Waals surface area (Å²) in [4.78, 5) is 48.7. The number of hydrogen-bond donors (Lipinski definition) is 2. The Labute approximate surface area is 198 Å². The summed E-state index contributed by atoms with van der Waals surface area (Å²) in [6.07, 6.45) is 0.506. The molecule has 0 aliphatic heterocycles. The SMILES string of the molecule is CCC(=O)N(C)c1ccc2nc(NC(=O)CCNC)c(=O)n([C@@H](COC)c3ccccc3)c2n1. The van der Waals surface area contributed by atoms with Gasteiger partial charge in [0.15, 0.2) is 11.5 Å². The van der Waals surface area contributed by atoms with Crippen molar-refractivity contribution in [1.29, 1.82) is 0 Å². The number of anilines is 2.